The van der Waals surface area contributed by atoms with Crippen molar-refractivity contribution in [2.24, 2.45) is 0 Å². The molecule has 0 saturated carbocycles. The summed E-state index contributed by atoms with van der Waals surface area (Å²) in [6, 6.07) is 43.7. The second-order valence-corrected chi connectivity index (χ2v) is 12.2. The number of rotatable bonds is 7. The van der Waals surface area contributed by atoms with Crippen molar-refractivity contribution in [3.8, 4) is 0 Å². The lowest BCUT2D eigenvalue weighted by atomic mass is 10.4. The highest BCUT2D eigenvalue weighted by atomic mass is 35.5. The highest BCUT2D eigenvalue weighted by Gasteiger charge is 2.32. The molecule has 4 aromatic carbocycles. The molecule has 0 aliphatic heterocycles. The van der Waals surface area contributed by atoms with Crippen LogP contribution in [-0.4, -0.2) is 11.3 Å². The van der Waals surface area contributed by atoms with Crippen LogP contribution in [0.3, 0.4) is 0 Å². The Morgan fingerprint density at radius 2 is 0.690 bits per heavy atom. The van der Waals surface area contributed by atoms with Gasteiger partial charge in [0.1, 0.15) is 0 Å². The highest BCUT2D eigenvalue weighted by Crippen LogP contribution is 2.56. The summed E-state index contributed by atoms with van der Waals surface area (Å²) in [4.78, 5) is 0. The van der Waals surface area contributed by atoms with Crippen molar-refractivity contribution in [2.75, 3.05) is 5.88 Å². The first-order valence-corrected chi connectivity index (χ1v) is 13.1. The van der Waals surface area contributed by atoms with Gasteiger partial charge in [0, 0.05) is 11.3 Å². The van der Waals surface area contributed by atoms with E-state index in [1.165, 1.54) is 21.2 Å². The van der Waals surface area contributed by atoms with Crippen LogP contribution in [0.1, 0.15) is 0 Å². The van der Waals surface area contributed by atoms with E-state index in [9.17, 15) is 0 Å². The maximum atomic E-state index is 6.79. The third-order valence-electron chi connectivity index (χ3n) is 4.87. The molecule has 29 heavy (non-hydrogen) atoms. The van der Waals surface area contributed by atoms with E-state index in [0.29, 0.717) is 11.3 Å². The van der Waals surface area contributed by atoms with Crippen molar-refractivity contribution in [1.82, 2.24) is 0 Å². The Bertz CT molecular complexity index is 830. The summed E-state index contributed by atoms with van der Waals surface area (Å²) in [6.45, 7) is 0. The van der Waals surface area contributed by atoms with Crippen molar-refractivity contribution >= 4 is 48.7 Å². The molecule has 3 heteroatoms. The number of halogens is 1. The lowest BCUT2D eigenvalue weighted by Gasteiger charge is -2.34. The summed E-state index contributed by atoms with van der Waals surface area (Å²) >= 11 is 6.79. The fourth-order valence-electron chi connectivity index (χ4n) is 3.59. The van der Waals surface area contributed by atoms with E-state index < -0.39 is 15.8 Å². The number of hydrogen-bond acceptors (Lipinski definition) is 0. The van der Waals surface area contributed by atoms with E-state index in [-0.39, 0.29) is 0 Å². The third-order valence-corrected chi connectivity index (χ3v) is 12.0. The zero-order valence-electron chi connectivity index (χ0n) is 16.1. The average Bonchev–Trinajstić information content (AvgIpc) is 2.81. The topological polar surface area (TPSA) is 0 Å². The maximum Gasteiger partial charge on any atom is 0.0342 e. The number of alkyl halides is 1. The minimum Gasteiger partial charge on any atom is -0.126 e. The van der Waals surface area contributed by atoms with Crippen molar-refractivity contribution in [1.29, 1.82) is 0 Å². The molecular weight excluding hydrogens is 410 g/mol. The van der Waals surface area contributed by atoms with Crippen LogP contribution >= 0.6 is 27.4 Å². The molecule has 0 unspecified atom stereocenters. The monoisotopic (exact) mass is 432 g/mol. The summed E-state index contributed by atoms with van der Waals surface area (Å²) in [6.07, 6.45) is 0. The van der Waals surface area contributed by atoms with E-state index in [2.05, 4.69) is 121 Å². The first kappa shape index (κ1) is 20.3. The summed E-state index contributed by atoms with van der Waals surface area (Å²) in [5.41, 5.74) is 0. The molecule has 0 aliphatic rings. The predicted octanol–water partition coefficient (Wildman–Crippen LogP) is 5.82. The fourth-order valence-corrected chi connectivity index (χ4v) is 11.2. The number of hydrogen-bond donors (Lipinski definition) is 0. The SMILES string of the molecule is ClCC(P(c1ccccc1)c1ccccc1)P(c1ccccc1)c1ccccc1. The molecule has 0 fully saturated rings. The normalized spacial score (nSPS) is 11.3. The standard InChI is InChI=1S/C26H23ClP2/c27-21-26(28(22-13-5-1-6-14-22)23-15-7-2-8-16-23)29(24-17-9-3-10-18-24)25-19-11-4-12-20-25/h1-20,26H,21H2. The second-order valence-electron chi connectivity index (χ2n) is 6.72. The van der Waals surface area contributed by atoms with E-state index in [0.717, 1.165) is 0 Å². The smallest absolute Gasteiger partial charge is 0.0342 e. The zero-order chi connectivity index (χ0) is 19.9. The van der Waals surface area contributed by atoms with Gasteiger partial charge in [-0.2, -0.15) is 0 Å². The Kier molecular flexibility index (Phi) is 7.13. The molecule has 0 radical (unpaired) electrons. The molecule has 0 saturated heterocycles. The summed E-state index contributed by atoms with van der Waals surface area (Å²) in [7, 11) is -1.21. The van der Waals surface area contributed by atoms with Gasteiger partial charge in [-0.1, -0.05) is 121 Å². The molecular formula is C26H23ClP2. The van der Waals surface area contributed by atoms with Crippen LogP contribution in [0.15, 0.2) is 121 Å². The van der Waals surface area contributed by atoms with Gasteiger partial charge < -0.3 is 0 Å². The maximum absolute atomic E-state index is 6.79. The number of benzene rings is 4. The van der Waals surface area contributed by atoms with Crippen molar-refractivity contribution < 1.29 is 0 Å². The molecule has 4 aromatic rings. The molecule has 0 bridgehead atoms. The Balaban J connectivity index is 1.88. The Labute approximate surface area is 181 Å². The van der Waals surface area contributed by atoms with Crippen LogP contribution in [-0.2, 0) is 0 Å². The van der Waals surface area contributed by atoms with Gasteiger partial charge in [0.2, 0.25) is 0 Å². The van der Waals surface area contributed by atoms with E-state index in [1.54, 1.807) is 0 Å². The first-order valence-electron chi connectivity index (χ1n) is 9.73. The van der Waals surface area contributed by atoms with Crippen LogP contribution < -0.4 is 21.2 Å². The van der Waals surface area contributed by atoms with Crippen LogP contribution in [0.2, 0.25) is 0 Å². The van der Waals surface area contributed by atoms with Gasteiger partial charge >= 0.3 is 0 Å². The average molecular weight is 433 g/mol. The molecule has 0 amide bonds. The molecule has 0 aromatic heterocycles. The lowest BCUT2D eigenvalue weighted by molar-refractivity contribution is 1.39. The Morgan fingerprint density at radius 1 is 0.448 bits per heavy atom. The second kappa shape index (κ2) is 10.2. The van der Waals surface area contributed by atoms with Gasteiger partial charge in [0.05, 0.1) is 0 Å². The van der Waals surface area contributed by atoms with Crippen molar-refractivity contribution in [2.45, 2.75) is 5.40 Å². The van der Waals surface area contributed by atoms with Crippen LogP contribution in [0.4, 0.5) is 0 Å². The molecule has 0 N–H and O–H groups in total. The van der Waals surface area contributed by atoms with E-state index in [1.807, 2.05) is 0 Å². The molecule has 0 nitrogen and oxygen atoms in total. The van der Waals surface area contributed by atoms with Gasteiger partial charge in [-0.15, -0.1) is 11.6 Å². The molecule has 4 rings (SSSR count). The first-order chi connectivity index (χ1) is 14.4. The van der Waals surface area contributed by atoms with Gasteiger partial charge in [-0.3, -0.25) is 0 Å². The van der Waals surface area contributed by atoms with Crippen molar-refractivity contribution in [3.05, 3.63) is 121 Å². The van der Waals surface area contributed by atoms with Crippen LogP contribution in [0.5, 0.6) is 0 Å². The van der Waals surface area contributed by atoms with Gasteiger partial charge in [0.25, 0.3) is 0 Å². The largest absolute Gasteiger partial charge is 0.126 e. The summed E-state index contributed by atoms with van der Waals surface area (Å²) < 4.78 is 0. The summed E-state index contributed by atoms with van der Waals surface area (Å²) in [5.74, 6) is 0.630. The van der Waals surface area contributed by atoms with E-state index >= 15 is 0 Å². The Morgan fingerprint density at radius 3 is 0.897 bits per heavy atom. The minimum atomic E-state index is -0.604. The lowest BCUT2D eigenvalue weighted by Crippen LogP contribution is -2.28. The molecule has 0 atom stereocenters. The van der Waals surface area contributed by atoms with Crippen LogP contribution in [0.25, 0.3) is 0 Å². The molecule has 0 heterocycles. The van der Waals surface area contributed by atoms with Crippen LogP contribution in [0, 0.1) is 0 Å². The fraction of sp³-hybridized carbons (Fsp3) is 0.0769. The third kappa shape index (κ3) is 4.79. The zero-order valence-corrected chi connectivity index (χ0v) is 18.6. The minimum absolute atomic E-state index is 0.344. The predicted molar refractivity (Wildman–Crippen MR) is 133 cm³/mol. The summed E-state index contributed by atoms with van der Waals surface area (Å²) in [5, 5.41) is 5.89. The van der Waals surface area contributed by atoms with E-state index in [4.69, 9.17) is 11.6 Å². The van der Waals surface area contributed by atoms with Crippen molar-refractivity contribution in [3.63, 3.8) is 0 Å². The highest BCUT2D eigenvalue weighted by molar-refractivity contribution is 7.89. The van der Waals surface area contributed by atoms with Gasteiger partial charge in [-0.05, 0) is 37.1 Å². The Hall–Kier alpha value is -1.97. The van der Waals surface area contributed by atoms with Gasteiger partial charge in [-0.25, -0.2) is 0 Å². The molecule has 144 valence electrons. The van der Waals surface area contributed by atoms with Gasteiger partial charge in [0.15, 0.2) is 0 Å². The molecule has 0 aliphatic carbocycles. The quantitative estimate of drug-likeness (QED) is 0.255. The molecule has 0 spiro atoms.